The summed E-state index contributed by atoms with van der Waals surface area (Å²) in [7, 11) is 0. The third-order valence-corrected chi connectivity index (χ3v) is 6.42. The van der Waals surface area contributed by atoms with Crippen LogP contribution in [0.25, 0.3) is 5.69 Å². The minimum absolute atomic E-state index is 0.0101. The van der Waals surface area contributed by atoms with E-state index in [1.807, 2.05) is 35.0 Å². The van der Waals surface area contributed by atoms with Crippen LogP contribution in [-0.2, 0) is 19.5 Å². The highest BCUT2D eigenvalue weighted by atomic mass is 16.2. The first-order valence-corrected chi connectivity index (χ1v) is 11.1. The number of hydrogen-bond donors (Lipinski definition) is 0. The molecule has 4 heterocycles. The van der Waals surface area contributed by atoms with Crippen LogP contribution in [0.4, 0.5) is 0 Å². The lowest BCUT2D eigenvalue weighted by Crippen LogP contribution is -2.36. The molecular weight excluding hydrogens is 388 g/mol. The van der Waals surface area contributed by atoms with Crippen molar-refractivity contribution >= 4 is 5.91 Å². The van der Waals surface area contributed by atoms with Crippen molar-refractivity contribution in [3.63, 3.8) is 0 Å². The van der Waals surface area contributed by atoms with Crippen LogP contribution in [0.2, 0.25) is 0 Å². The van der Waals surface area contributed by atoms with Crippen molar-refractivity contribution in [3.8, 4) is 5.69 Å². The minimum Gasteiger partial charge on any atom is -0.337 e. The lowest BCUT2D eigenvalue weighted by Gasteiger charge is -2.30. The van der Waals surface area contributed by atoms with Crippen molar-refractivity contribution in [2.45, 2.75) is 45.7 Å². The highest BCUT2D eigenvalue weighted by Gasteiger charge is 2.26. The Morgan fingerprint density at radius 1 is 1.06 bits per heavy atom. The molecule has 0 aliphatic carbocycles. The zero-order valence-electron chi connectivity index (χ0n) is 18.0. The van der Waals surface area contributed by atoms with Gasteiger partial charge in [0.15, 0.2) is 5.69 Å². The number of pyridine rings is 1. The third-order valence-electron chi connectivity index (χ3n) is 6.42. The topological polar surface area (TPSA) is 67.2 Å². The summed E-state index contributed by atoms with van der Waals surface area (Å²) in [5.41, 5.74) is 6.19. The molecule has 2 aliphatic rings. The molecule has 7 heteroatoms. The summed E-state index contributed by atoms with van der Waals surface area (Å²) >= 11 is 0. The second kappa shape index (κ2) is 8.59. The number of benzene rings is 1. The number of amides is 1. The summed E-state index contributed by atoms with van der Waals surface area (Å²) in [5, 5.41) is 8.69. The summed E-state index contributed by atoms with van der Waals surface area (Å²) in [6.07, 6.45) is 8.03. The largest absolute Gasteiger partial charge is 0.337 e. The molecule has 3 aromatic rings. The molecule has 5 rings (SSSR count). The lowest BCUT2D eigenvalue weighted by atomic mass is 9.97. The van der Waals surface area contributed by atoms with E-state index in [9.17, 15) is 4.79 Å². The number of rotatable bonds is 4. The van der Waals surface area contributed by atoms with Crippen LogP contribution in [0, 0.1) is 6.92 Å². The van der Waals surface area contributed by atoms with Crippen LogP contribution in [0.3, 0.4) is 0 Å². The number of aromatic nitrogens is 4. The van der Waals surface area contributed by atoms with E-state index in [1.165, 1.54) is 23.1 Å². The highest BCUT2D eigenvalue weighted by molar-refractivity contribution is 5.93. The van der Waals surface area contributed by atoms with E-state index in [0.717, 1.165) is 63.4 Å². The molecule has 7 nitrogen and oxygen atoms in total. The van der Waals surface area contributed by atoms with Gasteiger partial charge >= 0.3 is 0 Å². The third kappa shape index (κ3) is 3.97. The van der Waals surface area contributed by atoms with Gasteiger partial charge in [-0.05, 0) is 61.4 Å². The summed E-state index contributed by atoms with van der Waals surface area (Å²) < 4.78 is 1.85. The minimum atomic E-state index is 0.0101. The van der Waals surface area contributed by atoms with Gasteiger partial charge in [-0.1, -0.05) is 23.4 Å². The lowest BCUT2D eigenvalue weighted by molar-refractivity contribution is 0.0717. The van der Waals surface area contributed by atoms with Crippen LogP contribution < -0.4 is 0 Å². The van der Waals surface area contributed by atoms with Gasteiger partial charge in [-0.3, -0.25) is 14.7 Å². The molecule has 2 aromatic heterocycles. The fourth-order valence-electron chi connectivity index (χ4n) is 4.73. The van der Waals surface area contributed by atoms with Gasteiger partial charge in [0.05, 0.1) is 11.4 Å². The second-order valence-corrected chi connectivity index (χ2v) is 8.52. The molecule has 0 saturated carbocycles. The molecule has 160 valence electrons. The zero-order valence-corrected chi connectivity index (χ0v) is 18.0. The normalized spacial score (nSPS) is 16.9. The fraction of sp³-hybridized carbons (Fsp3) is 0.417. The first-order valence-electron chi connectivity index (χ1n) is 11.1. The van der Waals surface area contributed by atoms with E-state index in [4.69, 9.17) is 0 Å². The molecular formula is C24H28N6O. The van der Waals surface area contributed by atoms with Crippen molar-refractivity contribution in [3.05, 3.63) is 70.8 Å². The van der Waals surface area contributed by atoms with Crippen molar-refractivity contribution in [2.75, 3.05) is 19.6 Å². The van der Waals surface area contributed by atoms with E-state index in [-0.39, 0.29) is 5.91 Å². The Bertz CT molecular complexity index is 1070. The Morgan fingerprint density at radius 3 is 2.74 bits per heavy atom. The van der Waals surface area contributed by atoms with Crippen LogP contribution >= 0.6 is 0 Å². The maximum Gasteiger partial charge on any atom is 0.276 e. The Kier molecular flexibility index (Phi) is 5.51. The molecule has 2 aliphatic heterocycles. The van der Waals surface area contributed by atoms with Gasteiger partial charge in [0, 0.05) is 45.1 Å². The summed E-state index contributed by atoms with van der Waals surface area (Å²) in [6.45, 7) is 6.36. The standard InChI is InChI=1S/C24H28N6O/c1-18-23(24(31)29-12-3-2-4-13-29)26-27-30(18)22-9-5-8-20-17-28(14-10-21(20)22)16-19-7-6-11-25-15-19/h5-9,11,15H,2-4,10,12-14,16-17H2,1H3. The molecule has 1 amide bonds. The Balaban J connectivity index is 1.38. The molecule has 0 radical (unpaired) electrons. The number of likely N-dealkylation sites (tertiary alicyclic amines) is 1. The van der Waals surface area contributed by atoms with Crippen LogP contribution in [0.5, 0.6) is 0 Å². The SMILES string of the molecule is Cc1c(C(=O)N2CCCCC2)nnn1-c1cccc2c1CCN(Cc1cccnc1)C2. The molecule has 1 fully saturated rings. The summed E-state index contributed by atoms with van der Waals surface area (Å²) in [4.78, 5) is 21.6. The zero-order chi connectivity index (χ0) is 21.2. The van der Waals surface area contributed by atoms with Gasteiger partial charge in [0.1, 0.15) is 0 Å². The Labute approximate surface area is 182 Å². The van der Waals surface area contributed by atoms with Gasteiger partial charge in [0.25, 0.3) is 5.91 Å². The number of carbonyl (C=O) groups is 1. The van der Waals surface area contributed by atoms with E-state index in [2.05, 4.69) is 44.5 Å². The number of nitrogens with zero attached hydrogens (tertiary/aromatic N) is 6. The smallest absolute Gasteiger partial charge is 0.276 e. The summed E-state index contributed by atoms with van der Waals surface area (Å²) in [6, 6.07) is 10.5. The molecule has 31 heavy (non-hydrogen) atoms. The highest BCUT2D eigenvalue weighted by Crippen LogP contribution is 2.27. The monoisotopic (exact) mass is 416 g/mol. The van der Waals surface area contributed by atoms with Crippen molar-refractivity contribution in [1.82, 2.24) is 29.8 Å². The van der Waals surface area contributed by atoms with E-state index in [1.54, 1.807) is 0 Å². The fourth-order valence-corrected chi connectivity index (χ4v) is 4.73. The van der Waals surface area contributed by atoms with Crippen molar-refractivity contribution in [2.24, 2.45) is 0 Å². The molecule has 0 spiro atoms. The molecule has 0 bridgehead atoms. The van der Waals surface area contributed by atoms with Crippen LogP contribution in [0.1, 0.15) is 52.1 Å². The van der Waals surface area contributed by atoms with E-state index < -0.39 is 0 Å². The number of piperidine rings is 1. The maximum atomic E-state index is 13.0. The maximum absolute atomic E-state index is 13.0. The van der Waals surface area contributed by atoms with E-state index >= 15 is 0 Å². The Morgan fingerprint density at radius 2 is 1.94 bits per heavy atom. The average Bonchev–Trinajstić information content (AvgIpc) is 3.20. The first kappa shape index (κ1) is 19.9. The van der Waals surface area contributed by atoms with Crippen LogP contribution in [-0.4, -0.2) is 55.3 Å². The molecule has 0 atom stereocenters. The van der Waals surface area contributed by atoms with Crippen molar-refractivity contribution in [1.29, 1.82) is 0 Å². The number of fused-ring (bicyclic) bond motifs is 1. The molecule has 0 N–H and O–H groups in total. The molecule has 0 unspecified atom stereocenters. The van der Waals surface area contributed by atoms with Crippen molar-refractivity contribution < 1.29 is 4.79 Å². The number of hydrogen-bond acceptors (Lipinski definition) is 5. The van der Waals surface area contributed by atoms with Gasteiger partial charge < -0.3 is 4.90 Å². The Hall–Kier alpha value is -3.06. The van der Waals surface area contributed by atoms with Crippen LogP contribution in [0.15, 0.2) is 42.7 Å². The van der Waals surface area contributed by atoms with Gasteiger partial charge in [-0.15, -0.1) is 5.10 Å². The predicted molar refractivity (Wildman–Crippen MR) is 118 cm³/mol. The predicted octanol–water partition coefficient (Wildman–Crippen LogP) is 3.16. The second-order valence-electron chi connectivity index (χ2n) is 8.52. The number of carbonyl (C=O) groups excluding carboxylic acids is 1. The quantitative estimate of drug-likeness (QED) is 0.654. The van der Waals surface area contributed by atoms with Gasteiger partial charge in [0.2, 0.25) is 0 Å². The average molecular weight is 417 g/mol. The van der Waals surface area contributed by atoms with Gasteiger partial charge in [-0.25, -0.2) is 4.68 Å². The van der Waals surface area contributed by atoms with E-state index in [0.29, 0.717) is 5.69 Å². The molecule has 1 aromatic carbocycles. The van der Waals surface area contributed by atoms with Gasteiger partial charge in [-0.2, -0.15) is 0 Å². The first-order chi connectivity index (χ1) is 15.2. The summed E-state index contributed by atoms with van der Waals surface area (Å²) in [5.74, 6) is 0.0101. The molecule has 1 saturated heterocycles.